The van der Waals surface area contributed by atoms with Crippen LogP contribution in [-0.2, 0) is 0 Å². The molecule has 0 saturated heterocycles. The van der Waals surface area contributed by atoms with Crippen molar-refractivity contribution in [1.82, 2.24) is 14.9 Å². The number of nitrogens with one attached hydrogen (secondary N) is 1. The molecule has 1 aromatic heterocycles. The normalized spacial score (nSPS) is 16.6. The van der Waals surface area contributed by atoms with Crippen molar-refractivity contribution in [1.29, 1.82) is 0 Å². The zero-order valence-electron chi connectivity index (χ0n) is 11.9. The monoisotopic (exact) mass is 316 g/mol. The highest BCUT2D eigenvalue weighted by Gasteiger charge is 2.17. The molecule has 112 valence electrons. The van der Waals surface area contributed by atoms with Gasteiger partial charge in [-0.2, -0.15) is 4.98 Å². The molecule has 1 fully saturated rings. The lowest BCUT2D eigenvalue weighted by atomic mass is 9.94. The molecule has 6 heteroatoms. The van der Waals surface area contributed by atoms with Crippen molar-refractivity contribution in [2.75, 3.05) is 25.5 Å². The van der Waals surface area contributed by atoms with E-state index in [4.69, 9.17) is 23.2 Å². The van der Waals surface area contributed by atoms with E-state index in [0.29, 0.717) is 10.8 Å². The summed E-state index contributed by atoms with van der Waals surface area (Å²) in [6.45, 7) is 1.93. The first kappa shape index (κ1) is 15.8. The van der Waals surface area contributed by atoms with Gasteiger partial charge in [-0.05, 0) is 44.5 Å². The van der Waals surface area contributed by atoms with Crippen LogP contribution in [0.2, 0.25) is 10.3 Å². The Morgan fingerprint density at radius 1 is 1.30 bits per heavy atom. The Morgan fingerprint density at radius 3 is 2.80 bits per heavy atom. The summed E-state index contributed by atoms with van der Waals surface area (Å²) in [5, 5.41) is 3.95. The van der Waals surface area contributed by atoms with E-state index in [0.717, 1.165) is 25.6 Å². The smallest absolute Gasteiger partial charge is 0.224 e. The molecule has 1 aliphatic carbocycles. The summed E-state index contributed by atoms with van der Waals surface area (Å²) in [7, 11) is 2.23. The van der Waals surface area contributed by atoms with E-state index in [2.05, 4.69) is 27.2 Å². The highest BCUT2D eigenvalue weighted by atomic mass is 35.5. The average molecular weight is 317 g/mol. The van der Waals surface area contributed by atoms with Gasteiger partial charge < -0.3 is 10.2 Å². The molecule has 0 aliphatic heterocycles. The van der Waals surface area contributed by atoms with Crippen molar-refractivity contribution in [3.05, 3.63) is 16.5 Å². The third-order valence-corrected chi connectivity index (χ3v) is 4.35. The predicted octanol–water partition coefficient (Wildman–Crippen LogP) is 3.85. The Balaban J connectivity index is 1.69. The summed E-state index contributed by atoms with van der Waals surface area (Å²) in [5.41, 5.74) is 0. The predicted molar refractivity (Wildman–Crippen MR) is 84.7 cm³/mol. The van der Waals surface area contributed by atoms with Gasteiger partial charge in [-0.25, -0.2) is 4.98 Å². The van der Waals surface area contributed by atoms with Crippen LogP contribution in [0, 0.1) is 0 Å². The van der Waals surface area contributed by atoms with Gasteiger partial charge in [0.2, 0.25) is 5.28 Å². The molecule has 2 rings (SSSR count). The Labute approximate surface area is 130 Å². The van der Waals surface area contributed by atoms with Gasteiger partial charge in [-0.1, -0.05) is 30.9 Å². The molecular formula is C14H22Cl2N4. The van der Waals surface area contributed by atoms with Crippen molar-refractivity contribution < 1.29 is 0 Å². The summed E-state index contributed by atoms with van der Waals surface area (Å²) < 4.78 is 0. The van der Waals surface area contributed by atoms with Gasteiger partial charge in [-0.15, -0.1) is 0 Å². The Bertz CT molecular complexity index is 422. The number of anilines is 1. The SMILES string of the molecule is CN(CCCNc1nc(Cl)ncc1Cl)C1CCCCC1. The van der Waals surface area contributed by atoms with Crippen molar-refractivity contribution in [2.24, 2.45) is 0 Å². The largest absolute Gasteiger partial charge is 0.369 e. The molecule has 0 unspecified atom stereocenters. The van der Waals surface area contributed by atoms with Gasteiger partial charge in [0.1, 0.15) is 10.8 Å². The van der Waals surface area contributed by atoms with Crippen molar-refractivity contribution in [3.63, 3.8) is 0 Å². The van der Waals surface area contributed by atoms with Crippen molar-refractivity contribution >= 4 is 29.0 Å². The highest BCUT2D eigenvalue weighted by molar-refractivity contribution is 6.33. The summed E-state index contributed by atoms with van der Waals surface area (Å²) >= 11 is 11.8. The lowest BCUT2D eigenvalue weighted by Gasteiger charge is -2.31. The van der Waals surface area contributed by atoms with Gasteiger partial charge in [-0.3, -0.25) is 0 Å². The number of aromatic nitrogens is 2. The van der Waals surface area contributed by atoms with E-state index in [1.54, 1.807) is 0 Å². The fourth-order valence-corrected chi connectivity index (χ4v) is 3.00. The van der Waals surface area contributed by atoms with E-state index in [9.17, 15) is 0 Å². The summed E-state index contributed by atoms with van der Waals surface area (Å²) in [5.74, 6) is 0.618. The van der Waals surface area contributed by atoms with E-state index < -0.39 is 0 Å². The lowest BCUT2D eigenvalue weighted by Crippen LogP contribution is -2.34. The zero-order chi connectivity index (χ0) is 14.4. The molecule has 20 heavy (non-hydrogen) atoms. The van der Waals surface area contributed by atoms with Gasteiger partial charge >= 0.3 is 0 Å². The minimum absolute atomic E-state index is 0.219. The van der Waals surface area contributed by atoms with E-state index >= 15 is 0 Å². The molecular weight excluding hydrogens is 295 g/mol. The van der Waals surface area contributed by atoms with Crippen LogP contribution in [0.3, 0.4) is 0 Å². The first-order valence-electron chi connectivity index (χ1n) is 7.29. The molecule has 0 amide bonds. The van der Waals surface area contributed by atoms with Gasteiger partial charge in [0.15, 0.2) is 0 Å². The quantitative estimate of drug-likeness (QED) is 0.639. The van der Waals surface area contributed by atoms with Crippen molar-refractivity contribution in [3.8, 4) is 0 Å². The molecule has 4 nitrogen and oxygen atoms in total. The molecule has 0 atom stereocenters. The minimum atomic E-state index is 0.219. The first-order chi connectivity index (χ1) is 9.66. The number of hydrogen-bond donors (Lipinski definition) is 1. The van der Waals surface area contributed by atoms with Crippen LogP contribution in [0.15, 0.2) is 6.20 Å². The van der Waals surface area contributed by atoms with Crippen LogP contribution in [0.5, 0.6) is 0 Å². The molecule has 1 saturated carbocycles. The number of rotatable bonds is 6. The topological polar surface area (TPSA) is 41.0 Å². The second-order valence-electron chi connectivity index (χ2n) is 5.39. The van der Waals surface area contributed by atoms with Crippen LogP contribution < -0.4 is 5.32 Å². The first-order valence-corrected chi connectivity index (χ1v) is 8.04. The van der Waals surface area contributed by atoms with Crippen LogP contribution in [0.25, 0.3) is 0 Å². The standard InChI is InChI=1S/C14H22Cl2N4/c1-20(11-6-3-2-4-7-11)9-5-8-17-13-12(15)10-18-14(16)19-13/h10-11H,2-9H2,1H3,(H,17,18,19). The minimum Gasteiger partial charge on any atom is -0.369 e. The maximum Gasteiger partial charge on any atom is 0.224 e. The van der Waals surface area contributed by atoms with Crippen LogP contribution in [-0.4, -0.2) is 41.0 Å². The van der Waals surface area contributed by atoms with E-state index in [1.807, 2.05) is 0 Å². The molecule has 0 aromatic carbocycles. The summed E-state index contributed by atoms with van der Waals surface area (Å²) in [4.78, 5) is 10.4. The molecule has 0 bridgehead atoms. The second-order valence-corrected chi connectivity index (χ2v) is 6.13. The van der Waals surface area contributed by atoms with E-state index in [1.165, 1.54) is 38.3 Å². The van der Waals surface area contributed by atoms with Crippen LogP contribution >= 0.6 is 23.2 Å². The van der Waals surface area contributed by atoms with Gasteiger partial charge in [0.05, 0.1) is 6.20 Å². The highest BCUT2D eigenvalue weighted by Crippen LogP contribution is 2.22. The fraction of sp³-hybridized carbons (Fsp3) is 0.714. The Kier molecular flexibility index (Phi) is 6.33. The Morgan fingerprint density at radius 2 is 2.05 bits per heavy atom. The molecule has 1 aromatic rings. The molecule has 0 spiro atoms. The number of nitrogens with zero attached hydrogens (tertiary/aromatic N) is 3. The number of halogens is 2. The molecule has 1 aliphatic rings. The molecule has 1 heterocycles. The summed E-state index contributed by atoms with van der Waals surface area (Å²) in [6.07, 6.45) is 9.43. The zero-order valence-corrected chi connectivity index (χ0v) is 13.4. The van der Waals surface area contributed by atoms with Crippen LogP contribution in [0.4, 0.5) is 5.82 Å². The second kappa shape index (κ2) is 8.01. The number of hydrogen-bond acceptors (Lipinski definition) is 4. The third-order valence-electron chi connectivity index (χ3n) is 3.89. The Hall–Kier alpha value is -0.580. The maximum absolute atomic E-state index is 6.00. The van der Waals surface area contributed by atoms with Crippen molar-refractivity contribution in [2.45, 2.75) is 44.6 Å². The van der Waals surface area contributed by atoms with E-state index in [-0.39, 0.29) is 5.28 Å². The maximum atomic E-state index is 6.00. The lowest BCUT2D eigenvalue weighted by molar-refractivity contribution is 0.191. The molecule has 0 radical (unpaired) electrons. The fourth-order valence-electron chi connectivity index (χ4n) is 2.71. The van der Waals surface area contributed by atoms with Crippen LogP contribution in [0.1, 0.15) is 38.5 Å². The third kappa shape index (κ3) is 4.76. The van der Waals surface area contributed by atoms with Gasteiger partial charge in [0, 0.05) is 12.6 Å². The van der Waals surface area contributed by atoms with Gasteiger partial charge in [0.25, 0.3) is 0 Å². The summed E-state index contributed by atoms with van der Waals surface area (Å²) in [6, 6.07) is 0.765. The molecule has 1 N–H and O–H groups in total. The average Bonchev–Trinajstić information content (AvgIpc) is 2.47.